The number of ether oxygens (including phenoxy) is 2. The maximum atomic E-state index is 12.3. The summed E-state index contributed by atoms with van der Waals surface area (Å²) in [6, 6.07) is 11.8. The highest BCUT2D eigenvalue weighted by atomic mass is 35.5. The van der Waals surface area contributed by atoms with Crippen LogP contribution in [0.1, 0.15) is 32.7 Å². The van der Waals surface area contributed by atoms with E-state index in [1.807, 2.05) is 44.2 Å². The molecule has 0 aliphatic heterocycles. The molecule has 29 heavy (non-hydrogen) atoms. The zero-order chi connectivity index (χ0) is 21.0. The molecule has 0 saturated carbocycles. The maximum absolute atomic E-state index is 12.3. The lowest BCUT2D eigenvalue weighted by Gasteiger charge is -2.13. The van der Waals surface area contributed by atoms with Crippen LogP contribution in [-0.2, 0) is 13.7 Å². The fourth-order valence-corrected chi connectivity index (χ4v) is 3.18. The molecular formula is C23H23ClN2O3. The van der Waals surface area contributed by atoms with Gasteiger partial charge < -0.3 is 9.47 Å². The smallest absolute Gasteiger partial charge is 0.207 e. The number of halogens is 1. The molecule has 0 saturated heterocycles. The van der Waals surface area contributed by atoms with Gasteiger partial charge >= 0.3 is 0 Å². The summed E-state index contributed by atoms with van der Waals surface area (Å²) in [4.78, 5) is 12.3. The van der Waals surface area contributed by atoms with Crippen molar-refractivity contribution < 1.29 is 14.3 Å². The Morgan fingerprint density at radius 2 is 1.97 bits per heavy atom. The predicted octanol–water partition coefficient (Wildman–Crippen LogP) is 5.17. The van der Waals surface area contributed by atoms with Crippen LogP contribution in [0.15, 0.2) is 48.7 Å². The van der Waals surface area contributed by atoms with Crippen LogP contribution in [0.25, 0.3) is 6.08 Å². The van der Waals surface area contributed by atoms with Crippen molar-refractivity contribution in [1.82, 2.24) is 9.78 Å². The molecular weight excluding hydrogens is 388 g/mol. The van der Waals surface area contributed by atoms with Crippen LogP contribution >= 0.6 is 11.6 Å². The first-order valence-corrected chi connectivity index (χ1v) is 9.53. The van der Waals surface area contributed by atoms with Gasteiger partial charge in [0.05, 0.1) is 12.1 Å². The average molecular weight is 411 g/mol. The Bertz CT molecular complexity index is 1070. The van der Waals surface area contributed by atoms with Crippen molar-refractivity contribution in [2.24, 2.45) is 7.05 Å². The maximum Gasteiger partial charge on any atom is 0.207 e. The lowest BCUT2D eigenvalue weighted by Crippen LogP contribution is -2.01. The van der Waals surface area contributed by atoms with E-state index in [-0.39, 0.29) is 11.5 Å². The lowest BCUT2D eigenvalue weighted by molar-refractivity contribution is 0.104. The number of carbonyl (C=O) groups excluding carboxylic acids is 1. The lowest BCUT2D eigenvalue weighted by atomic mass is 10.1. The third-order valence-electron chi connectivity index (χ3n) is 4.48. The minimum Gasteiger partial charge on any atom is -0.496 e. The quantitative estimate of drug-likeness (QED) is 0.398. The molecule has 150 valence electrons. The molecule has 0 fully saturated rings. The summed E-state index contributed by atoms with van der Waals surface area (Å²) in [5.41, 5.74) is 4.19. The number of benzene rings is 2. The summed E-state index contributed by atoms with van der Waals surface area (Å²) >= 11 is 6.04. The van der Waals surface area contributed by atoms with Gasteiger partial charge in [0.25, 0.3) is 0 Å². The Morgan fingerprint density at radius 1 is 1.17 bits per heavy atom. The molecule has 0 N–H and O–H groups in total. The van der Waals surface area contributed by atoms with E-state index in [9.17, 15) is 4.79 Å². The highest BCUT2D eigenvalue weighted by Crippen LogP contribution is 2.25. The van der Waals surface area contributed by atoms with E-state index in [4.69, 9.17) is 21.1 Å². The summed E-state index contributed by atoms with van der Waals surface area (Å²) in [5, 5.41) is 4.42. The van der Waals surface area contributed by atoms with E-state index in [0.29, 0.717) is 11.6 Å². The second kappa shape index (κ2) is 8.97. The van der Waals surface area contributed by atoms with Gasteiger partial charge in [-0.05, 0) is 54.8 Å². The number of allylic oxidation sites excluding steroid dienone is 1. The number of hydrogen-bond acceptors (Lipinski definition) is 4. The fourth-order valence-electron chi connectivity index (χ4n) is 2.91. The van der Waals surface area contributed by atoms with Crippen LogP contribution in [0.2, 0.25) is 5.02 Å². The Balaban J connectivity index is 1.78. The molecule has 0 bridgehead atoms. The van der Waals surface area contributed by atoms with Crippen molar-refractivity contribution in [1.29, 1.82) is 0 Å². The zero-order valence-corrected chi connectivity index (χ0v) is 17.7. The molecule has 1 heterocycles. The molecule has 0 amide bonds. The third-order valence-corrected chi connectivity index (χ3v) is 4.75. The Morgan fingerprint density at radius 3 is 2.66 bits per heavy atom. The highest BCUT2D eigenvalue weighted by molar-refractivity contribution is 6.34. The van der Waals surface area contributed by atoms with Gasteiger partial charge in [-0.25, -0.2) is 0 Å². The first kappa shape index (κ1) is 20.7. The molecule has 3 rings (SSSR count). The molecule has 5 nitrogen and oxygen atoms in total. The second-order valence-electron chi connectivity index (χ2n) is 6.83. The minimum absolute atomic E-state index is 0.234. The van der Waals surface area contributed by atoms with Crippen LogP contribution in [-0.4, -0.2) is 22.7 Å². The van der Waals surface area contributed by atoms with Crippen LogP contribution in [0.4, 0.5) is 0 Å². The minimum atomic E-state index is -0.250. The van der Waals surface area contributed by atoms with Gasteiger partial charge in [0, 0.05) is 18.8 Å². The standard InChI is InChI=1S/C23H23ClN2O3/c1-15-5-6-16(2)22(11-15)29-14-18-12-17(8-10-21(18)28-4)7-9-20(27)23-19(24)13-26(3)25-23/h5-13H,14H2,1-4H3/b9-7+. The van der Waals surface area contributed by atoms with Gasteiger partial charge in [0.15, 0.2) is 5.69 Å². The van der Waals surface area contributed by atoms with Crippen LogP contribution in [0.3, 0.4) is 0 Å². The van der Waals surface area contributed by atoms with E-state index in [1.54, 1.807) is 26.4 Å². The molecule has 0 unspecified atom stereocenters. The van der Waals surface area contributed by atoms with E-state index in [1.165, 1.54) is 10.8 Å². The summed E-state index contributed by atoms with van der Waals surface area (Å²) in [7, 11) is 3.34. The number of rotatable bonds is 7. The topological polar surface area (TPSA) is 53.3 Å². The van der Waals surface area contributed by atoms with Crippen molar-refractivity contribution in [2.75, 3.05) is 7.11 Å². The average Bonchev–Trinajstić information content (AvgIpc) is 3.05. The number of aromatic nitrogens is 2. The Hall–Kier alpha value is -3.05. The summed E-state index contributed by atoms with van der Waals surface area (Å²) < 4.78 is 13.0. The van der Waals surface area contributed by atoms with E-state index < -0.39 is 0 Å². The number of methoxy groups -OCH3 is 1. The number of nitrogens with zero attached hydrogens (tertiary/aromatic N) is 2. The second-order valence-corrected chi connectivity index (χ2v) is 7.23. The Kier molecular flexibility index (Phi) is 6.39. The molecule has 0 spiro atoms. The third kappa shape index (κ3) is 5.06. The van der Waals surface area contributed by atoms with Crippen LogP contribution in [0.5, 0.6) is 11.5 Å². The Labute approximate surface area is 175 Å². The first-order valence-electron chi connectivity index (χ1n) is 9.16. The van der Waals surface area contributed by atoms with Gasteiger partial charge in [0.1, 0.15) is 18.1 Å². The SMILES string of the molecule is COc1ccc(/C=C/C(=O)c2nn(C)cc2Cl)cc1COc1cc(C)ccc1C. The summed E-state index contributed by atoms with van der Waals surface area (Å²) in [5.74, 6) is 1.32. The van der Waals surface area contributed by atoms with Crippen molar-refractivity contribution in [3.63, 3.8) is 0 Å². The van der Waals surface area contributed by atoms with E-state index in [0.717, 1.165) is 33.8 Å². The van der Waals surface area contributed by atoms with Crippen molar-refractivity contribution in [3.8, 4) is 11.5 Å². The monoisotopic (exact) mass is 410 g/mol. The molecule has 3 aromatic rings. The van der Waals surface area contributed by atoms with Crippen molar-refractivity contribution in [2.45, 2.75) is 20.5 Å². The number of ketones is 1. The molecule has 1 aromatic heterocycles. The number of hydrogen-bond donors (Lipinski definition) is 0. The number of aryl methyl sites for hydroxylation is 3. The zero-order valence-electron chi connectivity index (χ0n) is 16.9. The van der Waals surface area contributed by atoms with Crippen molar-refractivity contribution in [3.05, 3.63) is 81.6 Å². The summed E-state index contributed by atoms with van der Waals surface area (Å²) in [6.45, 7) is 4.40. The van der Waals surface area contributed by atoms with Gasteiger partial charge in [0.2, 0.25) is 5.78 Å². The van der Waals surface area contributed by atoms with E-state index in [2.05, 4.69) is 11.2 Å². The predicted molar refractivity (Wildman–Crippen MR) is 115 cm³/mol. The largest absolute Gasteiger partial charge is 0.496 e. The molecule has 6 heteroatoms. The van der Waals surface area contributed by atoms with E-state index >= 15 is 0 Å². The normalized spacial score (nSPS) is 11.1. The number of carbonyl (C=O) groups is 1. The van der Waals surface area contributed by atoms with Crippen LogP contribution in [0, 0.1) is 13.8 Å². The van der Waals surface area contributed by atoms with Gasteiger partial charge in [-0.3, -0.25) is 9.48 Å². The van der Waals surface area contributed by atoms with Crippen molar-refractivity contribution >= 4 is 23.5 Å². The van der Waals surface area contributed by atoms with Gasteiger partial charge in [-0.1, -0.05) is 35.9 Å². The molecule has 0 aliphatic rings. The van der Waals surface area contributed by atoms with Crippen LogP contribution < -0.4 is 9.47 Å². The molecule has 0 aliphatic carbocycles. The summed E-state index contributed by atoms with van der Waals surface area (Å²) in [6.07, 6.45) is 4.79. The highest BCUT2D eigenvalue weighted by Gasteiger charge is 2.12. The van der Waals surface area contributed by atoms with Gasteiger partial charge in [-0.2, -0.15) is 5.10 Å². The first-order chi connectivity index (χ1) is 13.9. The fraction of sp³-hybridized carbons (Fsp3) is 0.217. The molecule has 0 radical (unpaired) electrons. The molecule has 2 aromatic carbocycles. The molecule has 0 atom stereocenters. The van der Waals surface area contributed by atoms with Gasteiger partial charge in [-0.15, -0.1) is 0 Å².